The van der Waals surface area contributed by atoms with Crippen molar-refractivity contribution < 1.29 is 14.7 Å². The molecule has 1 atom stereocenters. The lowest BCUT2D eigenvalue weighted by molar-refractivity contribution is -0.140. The SMILES string of the molecule is Cc1cc(Cl)ccc1C(=O)N1CCC[C@](O)(C(N)=O)C1. The van der Waals surface area contributed by atoms with Crippen LogP contribution in [0.5, 0.6) is 0 Å². The molecule has 0 aliphatic carbocycles. The number of aryl methyl sites for hydroxylation is 1. The number of amides is 2. The first-order chi connectivity index (χ1) is 9.33. The number of nitrogens with zero attached hydrogens (tertiary/aromatic N) is 1. The van der Waals surface area contributed by atoms with Gasteiger partial charge in [-0.25, -0.2) is 0 Å². The molecule has 1 heterocycles. The zero-order chi connectivity index (χ0) is 14.9. The van der Waals surface area contributed by atoms with Gasteiger partial charge >= 0.3 is 0 Å². The van der Waals surface area contributed by atoms with Crippen LogP contribution in [-0.2, 0) is 4.79 Å². The standard InChI is InChI=1S/C14H17ClN2O3/c1-9-7-10(15)3-4-11(9)12(18)17-6-2-5-14(20,8-17)13(16)19/h3-4,7,20H,2,5-6,8H2,1H3,(H2,16,19)/t14-/m1/s1. The molecule has 2 rings (SSSR count). The number of rotatable bonds is 2. The number of benzene rings is 1. The lowest BCUT2D eigenvalue weighted by Crippen LogP contribution is -2.57. The lowest BCUT2D eigenvalue weighted by atomic mass is 9.91. The minimum Gasteiger partial charge on any atom is -0.378 e. The van der Waals surface area contributed by atoms with E-state index in [1.165, 1.54) is 4.90 Å². The molecule has 20 heavy (non-hydrogen) atoms. The summed E-state index contributed by atoms with van der Waals surface area (Å²) in [5.74, 6) is -1.01. The number of aliphatic hydroxyl groups is 1. The molecule has 0 saturated carbocycles. The first kappa shape index (κ1) is 14.8. The molecule has 0 radical (unpaired) electrons. The van der Waals surface area contributed by atoms with E-state index in [-0.39, 0.29) is 18.9 Å². The zero-order valence-corrected chi connectivity index (χ0v) is 12.0. The van der Waals surface area contributed by atoms with Gasteiger partial charge in [-0.05, 0) is 43.5 Å². The van der Waals surface area contributed by atoms with E-state index in [9.17, 15) is 14.7 Å². The summed E-state index contributed by atoms with van der Waals surface area (Å²) in [6, 6.07) is 5.00. The highest BCUT2D eigenvalue weighted by Crippen LogP contribution is 2.24. The Balaban J connectivity index is 2.23. The lowest BCUT2D eigenvalue weighted by Gasteiger charge is -2.37. The summed E-state index contributed by atoms with van der Waals surface area (Å²) in [5, 5.41) is 10.7. The molecule has 0 unspecified atom stereocenters. The quantitative estimate of drug-likeness (QED) is 0.857. The molecule has 5 nitrogen and oxygen atoms in total. The van der Waals surface area contributed by atoms with E-state index in [0.717, 1.165) is 5.56 Å². The van der Waals surface area contributed by atoms with Crippen molar-refractivity contribution in [1.82, 2.24) is 4.90 Å². The molecule has 1 aliphatic heterocycles. The molecule has 1 saturated heterocycles. The number of hydrogen-bond acceptors (Lipinski definition) is 3. The maximum atomic E-state index is 12.5. The Bertz CT molecular complexity index is 561. The van der Waals surface area contributed by atoms with E-state index in [0.29, 0.717) is 23.6 Å². The first-order valence-electron chi connectivity index (χ1n) is 6.41. The van der Waals surface area contributed by atoms with Crippen molar-refractivity contribution >= 4 is 23.4 Å². The van der Waals surface area contributed by atoms with Crippen LogP contribution in [0.15, 0.2) is 18.2 Å². The van der Waals surface area contributed by atoms with Crippen LogP contribution >= 0.6 is 11.6 Å². The molecule has 0 bridgehead atoms. The summed E-state index contributed by atoms with van der Waals surface area (Å²) in [6.45, 7) is 2.23. The van der Waals surface area contributed by atoms with Gasteiger partial charge in [-0.3, -0.25) is 9.59 Å². The number of primary amides is 1. The minimum atomic E-state index is -1.63. The average Bonchev–Trinajstić information content (AvgIpc) is 2.38. The van der Waals surface area contributed by atoms with Crippen molar-refractivity contribution in [2.24, 2.45) is 5.73 Å². The van der Waals surface area contributed by atoms with E-state index in [1.54, 1.807) is 25.1 Å². The average molecular weight is 297 g/mol. The topological polar surface area (TPSA) is 83.6 Å². The van der Waals surface area contributed by atoms with Crippen molar-refractivity contribution in [2.45, 2.75) is 25.4 Å². The second kappa shape index (κ2) is 5.42. The van der Waals surface area contributed by atoms with Gasteiger partial charge in [0.2, 0.25) is 0 Å². The Morgan fingerprint density at radius 3 is 2.75 bits per heavy atom. The van der Waals surface area contributed by atoms with Gasteiger partial charge in [0.1, 0.15) is 0 Å². The predicted molar refractivity (Wildman–Crippen MR) is 75.5 cm³/mol. The molecule has 1 aromatic rings. The number of likely N-dealkylation sites (tertiary alicyclic amines) is 1. The van der Waals surface area contributed by atoms with Gasteiger partial charge in [0.25, 0.3) is 11.8 Å². The predicted octanol–water partition coefficient (Wildman–Crippen LogP) is 1.10. The number of halogens is 1. The van der Waals surface area contributed by atoms with Crippen LogP contribution in [-0.4, -0.2) is 40.5 Å². The highest BCUT2D eigenvalue weighted by molar-refractivity contribution is 6.30. The Kier molecular flexibility index (Phi) is 4.01. The second-order valence-corrected chi connectivity index (χ2v) is 5.62. The van der Waals surface area contributed by atoms with Crippen LogP contribution in [0, 0.1) is 6.92 Å². The molecule has 0 spiro atoms. The van der Waals surface area contributed by atoms with Crippen molar-refractivity contribution in [3.05, 3.63) is 34.3 Å². The van der Waals surface area contributed by atoms with E-state index >= 15 is 0 Å². The van der Waals surface area contributed by atoms with Gasteiger partial charge in [0.15, 0.2) is 5.60 Å². The monoisotopic (exact) mass is 296 g/mol. The molecule has 6 heteroatoms. The zero-order valence-electron chi connectivity index (χ0n) is 11.2. The van der Waals surface area contributed by atoms with Crippen LogP contribution in [0.25, 0.3) is 0 Å². The van der Waals surface area contributed by atoms with Crippen LogP contribution in [0.2, 0.25) is 5.02 Å². The summed E-state index contributed by atoms with van der Waals surface area (Å²) in [6.07, 6.45) is 0.823. The fourth-order valence-corrected chi connectivity index (χ4v) is 2.67. The van der Waals surface area contributed by atoms with E-state index < -0.39 is 11.5 Å². The van der Waals surface area contributed by atoms with Gasteiger partial charge in [-0.2, -0.15) is 0 Å². The summed E-state index contributed by atoms with van der Waals surface area (Å²) < 4.78 is 0. The van der Waals surface area contributed by atoms with Crippen molar-refractivity contribution in [2.75, 3.05) is 13.1 Å². The van der Waals surface area contributed by atoms with Crippen molar-refractivity contribution in [3.63, 3.8) is 0 Å². The Morgan fingerprint density at radius 2 is 2.15 bits per heavy atom. The molecule has 3 N–H and O–H groups in total. The number of piperidine rings is 1. The number of nitrogens with two attached hydrogens (primary N) is 1. The van der Waals surface area contributed by atoms with E-state index in [2.05, 4.69) is 0 Å². The molecule has 0 aromatic heterocycles. The minimum absolute atomic E-state index is 0.0662. The summed E-state index contributed by atoms with van der Waals surface area (Å²) in [7, 11) is 0. The number of β-amino-alcohol motifs (C(OH)–C–C–N with tert-alkyl or cyclic N) is 1. The van der Waals surface area contributed by atoms with Crippen LogP contribution in [0.4, 0.5) is 0 Å². The van der Waals surface area contributed by atoms with Crippen molar-refractivity contribution in [1.29, 1.82) is 0 Å². The highest BCUT2D eigenvalue weighted by Gasteiger charge is 2.40. The Labute approximate surface area is 122 Å². The van der Waals surface area contributed by atoms with Gasteiger partial charge in [-0.1, -0.05) is 11.6 Å². The number of carbonyl (C=O) groups is 2. The molecule has 2 amide bonds. The second-order valence-electron chi connectivity index (χ2n) is 5.19. The van der Waals surface area contributed by atoms with Gasteiger partial charge < -0.3 is 15.7 Å². The third kappa shape index (κ3) is 2.78. The van der Waals surface area contributed by atoms with E-state index in [1.807, 2.05) is 0 Å². The summed E-state index contributed by atoms with van der Waals surface area (Å²) in [4.78, 5) is 25.2. The number of carbonyl (C=O) groups excluding carboxylic acids is 2. The fourth-order valence-electron chi connectivity index (χ4n) is 2.45. The Morgan fingerprint density at radius 1 is 1.45 bits per heavy atom. The van der Waals surface area contributed by atoms with Crippen molar-refractivity contribution in [3.8, 4) is 0 Å². The van der Waals surface area contributed by atoms with Gasteiger partial charge in [0.05, 0.1) is 6.54 Å². The van der Waals surface area contributed by atoms with E-state index in [4.69, 9.17) is 17.3 Å². The molecule has 1 fully saturated rings. The summed E-state index contributed by atoms with van der Waals surface area (Å²) >= 11 is 5.87. The van der Waals surface area contributed by atoms with Gasteiger partial charge in [-0.15, -0.1) is 0 Å². The maximum absolute atomic E-state index is 12.5. The molecule has 1 aromatic carbocycles. The molecular formula is C14H17ClN2O3. The number of hydrogen-bond donors (Lipinski definition) is 2. The Hall–Kier alpha value is -1.59. The molecule has 108 valence electrons. The third-order valence-electron chi connectivity index (χ3n) is 3.64. The smallest absolute Gasteiger partial charge is 0.254 e. The first-order valence-corrected chi connectivity index (χ1v) is 6.79. The highest BCUT2D eigenvalue weighted by atomic mass is 35.5. The molecular weight excluding hydrogens is 280 g/mol. The van der Waals surface area contributed by atoms with Crippen LogP contribution < -0.4 is 5.73 Å². The molecule has 1 aliphatic rings. The largest absolute Gasteiger partial charge is 0.378 e. The van der Waals surface area contributed by atoms with Crippen LogP contribution in [0.3, 0.4) is 0 Å². The fraction of sp³-hybridized carbons (Fsp3) is 0.429. The van der Waals surface area contributed by atoms with Crippen LogP contribution in [0.1, 0.15) is 28.8 Å². The van der Waals surface area contributed by atoms with Gasteiger partial charge in [0, 0.05) is 17.1 Å². The normalized spacial score (nSPS) is 22.6. The third-order valence-corrected chi connectivity index (χ3v) is 3.87. The summed E-state index contributed by atoms with van der Waals surface area (Å²) in [5.41, 5.74) is 4.85. The maximum Gasteiger partial charge on any atom is 0.254 e.